The number of ether oxygens (including phenoxy) is 1. The fraction of sp³-hybridized carbons (Fsp3) is 0.562. The van der Waals surface area contributed by atoms with Gasteiger partial charge in [-0.15, -0.1) is 0 Å². The molecule has 1 aliphatic rings. The fourth-order valence-corrected chi connectivity index (χ4v) is 2.63. The van der Waals surface area contributed by atoms with Gasteiger partial charge in [-0.25, -0.2) is 4.79 Å². The van der Waals surface area contributed by atoms with E-state index < -0.39 is 5.97 Å². The molecule has 1 aromatic carbocycles. The Hall–Kier alpha value is -1.75. The molecular formula is C16H24N2O3. The van der Waals surface area contributed by atoms with Crippen molar-refractivity contribution in [3.8, 4) is 5.75 Å². The Morgan fingerprint density at radius 1 is 1.43 bits per heavy atom. The van der Waals surface area contributed by atoms with Crippen LogP contribution >= 0.6 is 0 Å². The van der Waals surface area contributed by atoms with E-state index in [4.69, 9.17) is 4.74 Å². The van der Waals surface area contributed by atoms with Crippen LogP contribution in [0.1, 0.15) is 30.1 Å². The van der Waals surface area contributed by atoms with E-state index >= 15 is 0 Å². The lowest BCUT2D eigenvalue weighted by Gasteiger charge is -2.38. The molecule has 0 bridgehead atoms. The molecule has 2 N–H and O–H groups in total. The van der Waals surface area contributed by atoms with Crippen LogP contribution in [0, 0.1) is 5.41 Å². The number of carboxylic acids is 1. The van der Waals surface area contributed by atoms with Gasteiger partial charge >= 0.3 is 5.97 Å². The van der Waals surface area contributed by atoms with Crippen molar-refractivity contribution in [1.82, 2.24) is 4.90 Å². The van der Waals surface area contributed by atoms with Crippen molar-refractivity contribution in [3.05, 3.63) is 23.8 Å². The molecule has 116 valence electrons. The lowest BCUT2D eigenvalue weighted by Crippen LogP contribution is -2.40. The summed E-state index contributed by atoms with van der Waals surface area (Å²) >= 11 is 0. The van der Waals surface area contributed by atoms with E-state index in [2.05, 4.69) is 24.2 Å². The summed E-state index contributed by atoms with van der Waals surface area (Å²) in [5.74, 6) is -0.260. The second-order valence-corrected chi connectivity index (χ2v) is 6.18. The van der Waals surface area contributed by atoms with Gasteiger partial charge in [0.05, 0.1) is 18.4 Å². The first-order chi connectivity index (χ1) is 9.93. The van der Waals surface area contributed by atoms with Gasteiger partial charge in [-0.2, -0.15) is 0 Å². The van der Waals surface area contributed by atoms with Gasteiger partial charge in [0.2, 0.25) is 0 Å². The van der Waals surface area contributed by atoms with E-state index in [1.54, 1.807) is 25.3 Å². The van der Waals surface area contributed by atoms with E-state index in [9.17, 15) is 9.90 Å². The van der Waals surface area contributed by atoms with E-state index in [-0.39, 0.29) is 11.0 Å². The van der Waals surface area contributed by atoms with Crippen LogP contribution in [0.3, 0.4) is 0 Å². The number of hydrogen-bond donors (Lipinski definition) is 2. The van der Waals surface area contributed by atoms with Gasteiger partial charge in [0.15, 0.2) is 0 Å². The topological polar surface area (TPSA) is 61.8 Å². The average Bonchev–Trinajstić information content (AvgIpc) is 2.48. The summed E-state index contributed by atoms with van der Waals surface area (Å²) in [5, 5.41) is 12.6. The second kappa shape index (κ2) is 6.35. The normalized spacial score (nSPS) is 18.2. The molecule has 0 amide bonds. The smallest absolute Gasteiger partial charge is 0.337 e. The van der Waals surface area contributed by atoms with E-state index in [1.807, 2.05) is 0 Å². The first kappa shape index (κ1) is 15.6. The summed E-state index contributed by atoms with van der Waals surface area (Å²) in [5.41, 5.74) is 1.11. The third kappa shape index (κ3) is 3.88. The number of likely N-dealkylation sites (tertiary alicyclic amines) is 1. The molecule has 0 radical (unpaired) electrons. The number of methoxy groups -OCH3 is 1. The molecular weight excluding hydrogens is 268 g/mol. The number of benzene rings is 1. The van der Waals surface area contributed by atoms with Crippen LogP contribution in [-0.2, 0) is 0 Å². The van der Waals surface area contributed by atoms with Crippen LogP contribution in [0.2, 0.25) is 0 Å². The lowest BCUT2D eigenvalue weighted by molar-refractivity contribution is 0.0697. The van der Waals surface area contributed by atoms with E-state index in [0.29, 0.717) is 11.4 Å². The number of anilines is 1. The molecule has 5 nitrogen and oxygen atoms in total. The maximum atomic E-state index is 11.3. The monoisotopic (exact) mass is 292 g/mol. The number of rotatable bonds is 5. The zero-order chi connectivity index (χ0) is 15.5. The maximum absolute atomic E-state index is 11.3. The molecule has 1 aromatic rings. The minimum atomic E-state index is -0.923. The van der Waals surface area contributed by atoms with Crippen molar-refractivity contribution >= 4 is 11.7 Å². The highest BCUT2D eigenvalue weighted by Gasteiger charge is 2.29. The highest BCUT2D eigenvalue weighted by molar-refractivity contribution is 5.94. The Morgan fingerprint density at radius 2 is 2.10 bits per heavy atom. The number of carboxylic acid groups (broad SMARTS) is 1. The predicted octanol–water partition coefficient (Wildman–Crippen LogP) is 2.54. The highest BCUT2D eigenvalue weighted by Crippen LogP contribution is 2.32. The number of piperidine rings is 1. The first-order valence-corrected chi connectivity index (χ1v) is 7.27. The van der Waals surface area contributed by atoms with Crippen molar-refractivity contribution in [2.24, 2.45) is 5.41 Å². The number of nitrogens with one attached hydrogen (secondary N) is 1. The second-order valence-electron chi connectivity index (χ2n) is 6.18. The summed E-state index contributed by atoms with van der Waals surface area (Å²) in [6, 6.07) is 5.01. The molecule has 5 heteroatoms. The lowest BCUT2D eigenvalue weighted by atomic mass is 9.80. The molecule has 0 unspecified atom stereocenters. The van der Waals surface area contributed by atoms with Crippen molar-refractivity contribution in [1.29, 1.82) is 0 Å². The Balaban J connectivity index is 2.09. The van der Waals surface area contributed by atoms with Crippen LogP contribution in [0.5, 0.6) is 5.75 Å². The number of carbonyl (C=O) groups is 1. The van der Waals surface area contributed by atoms with Crippen molar-refractivity contribution in [2.75, 3.05) is 39.1 Å². The molecule has 0 aliphatic carbocycles. The van der Waals surface area contributed by atoms with Crippen LogP contribution in [0.15, 0.2) is 18.2 Å². The third-order valence-corrected chi connectivity index (χ3v) is 4.36. The molecule has 1 saturated heterocycles. The summed E-state index contributed by atoms with van der Waals surface area (Å²) in [6.45, 7) is 5.20. The minimum absolute atomic E-state index is 0.200. The highest BCUT2D eigenvalue weighted by atomic mass is 16.5. The van der Waals surface area contributed by atoms with Gasteiger partial charge in [0.1, 0.15) is 5.75 Å². The summed E-state index contributed by atoms with van der Waals surface area (Å²) in [7, 11) is 3.72. The molecule has 1 fully saturated rings. The van der Waals surface area contributed by atoms with Crippen LogP contribution < -0.4 is 10.1 Å². The van der Waals surface area contributed by atoms with Gasteiger partial charge in [0, 0.05) is 12.6 Å². The van der Waals surface area contributed by atoms with Gasteiger partial charge in [0.25, 0.3) is 0 Å². The quantitative estimate of drug-likeness (QED) is 0.873. The van der Waals surface area contributed by atoms with Crippen molar-refractivity contribution in [2.45, 2.75) is 19.8 Å². The van der Waals surface area contributed by atoms with Crippen LogP contribution in [0.25, 0.3) is 0 Å². The first-order valence-electron chi connectivity index (χ1n) is 7.27. The molecule has 1 heterocycles. The molecule has 2 rings (SSSR count). The predicted molar refractivity (Wildman–Crippen MR) is 83.3 cm³/mol. The number of aromatic carboxylic acids is 1. The van der Waals surface area contributed by atoms with Gasteiger partial charge in [-0.05, 0) is 50.5 Å². The Labute approximate surface area is 125 Å². The largest absolute Gasteiger partial charge is 0.497 e. The van der Waals surface area contributed by atoms with Gasteiger partial charge in [-0.3, -0.25) is 0 Å². The Bertz CT molecular complexity index is 508. The Morgan fingerprint density at radius 3 is 2.67 bits per heavy atom. The number of hydrogen-bond acceptors (Lipinski definition) is 4. The van der Waals surface area contributed by atoms with Gasteiger partial charge in [-0.1, -0.05) is 6.92 Å². The summed E-state index contributed by atoms with van der Waals surface area (Å²) in [6.07, 6.45) is 2.23. The van der Waals surface area contributed by atoms with E-state index in [0.717, 1.165) is 32.5 Å². The molecule has 0 saturated carbocycles. The van der Waals surface area contributed by atoms with E-state index in [1.165, 1.54) is 0 Å². The number of nitrogens with zero attached hydrogens (tertiary/aromatic N) is 1. The minimum Gasteiger partial charge on any atom is -0.497 e. The van der Waals surface area contributed by atoms with Crippen LogP contribution in [-0.4, -0.2) is 49.8 Å². The fourth-order valence-electron chi connectivity index (χ4n) is 2.63. The van der Waals surface area contributed by atoms with Gasteiger partial charge < -0.3 is 20.1 Å². The summed E-state index contributed by atoms with van der Waals surface area (Å²) in [4.78, 5) is 13.6. The molecule has 0 aromatic heterocycles. The average molecular weight is 292 g/mol. The molecule has 0 atom stereocenters. The maximum Gasteiger partial charge on any atom is 0.337 e. The summed E-state index contributed by atoms with van der Waals surface area (Å²) < 4.78 is 5.18. The Kier molecular flexibility index (Phi) is 4.73. The zero-order valence-corrected chi connectivity index (χ0v) is 13.0. The van der Waals surface area contributed by atoms with Crippen LogP contribution in [0.4, 0.5) is 5.69 Å². The third-order valence-electron chi connectivity index (χ3n) is 4.36. The molecule has 0 spiro atoms. The SMILES string of the molecule is COc1ccc(C(=O)O)c(NCC2(C)CCN(C)CC2)c1. The molecule has 21 heavy (non-hydrogen) atoms. The van der Waals surface area contributed by atoms with Crippen molar-refractivity contribution in [3.63, 3.8) is 0 Å². The standard InChI is InChI=1S/C16H24N2O3/c1-16(6-8-18(2)9-7-16)11-17-14-10-12(21-3)4-5-13(14)15(19)20/h4-5,10,17H,6-9,11H2,1-3H3,(H,19,20). The van der Waals surface area contributed by atoms with Crippen molar-refractivity contribution < 1.29 is 14.6 Å². The molecule has 1 aliphatic heterocycles. The zero-order valence-electron chi connectivity index (χ0n) is 13.0.